The molecular formula is C15H16. The summed E-state index contributed by atoms with van der Waals surface area (Å²) in [5, 5.41) is 2.66. The largest absolute Gasteiger partial charge is 0.0984 e. The van der Waals surface area contributed by atoms with Gasteiger partial charge in [-0.15, -0.1) is 0 Å². The van der Waals surface area contributed by atoms with Crippen LogP contribution in [0.4, 0.5) is 0 Å². The Morgan fingerprint density at radius 2 is 1.67 bits per heavy atom. The van der Waals surface area contributed by atoms with Gasteiger partial charge >= 0.3 is 0 Å². The highest BCUT2D eigenvalue weighted by atomic mass is 14.1. The quantitative estimate of drug-likeness (QED) is 0.658. The third-order valence-electron chi connectivity index (χ3n) is 2.83. The smallest absolute Gasteiger partial charge is 0.0109 e. The van der Waals surface area contributed by atoms with Gasteiger partial charge in [0.2, 0.25) is 0 Å². The van der Waals surface area contributed by atoms with Crippen LogP contribution in [-0.2, 0) is 0 Å². The van der Waals surface area contributed by atoms with Gasteiger partial charge in [0.1, 0.15) is 0 Å². The molecule has 0 saturated heterocycles. The summed E-state index contributed by atoms with van der Waals surface area (Å²) in [4.78, 5) is 0. The van der Waals surface area contributed by atoms with E-state index < -0.39 is 0 Å². The van der Waals surface area contributed by atoms with Crippen molar-refractivity contribution in [3.8, 4) is 0 Å². The van der Waals surface area contributed by atoms with Crippen LogP contribution >= 0.6 is 0 Å². The normalized spacial score (nSPS) is 10.9. The lowest BCUT2D eigenvalue weighted by Gasteiger charge is -2.11. The summed E-state index contributed by atoms with van der Waals surface area (Å²) in [5.74, 6) is 0.564. The summed E-state index contributed by atoms with van der Waals surface area (Å²) >= 11 is 0. The van der Waals surface area contributed by atoms with Crippen LogP contribution in [0.3, 0.4) is 0 Å². The Balaban J connectivity index is 2.82. The third-order valence-corrected chi connectivity index (χ3v) is 2.83. The van der Waals surface area contributed by atoms with E-state index in [1.165, 1.54) is 21.9 Å². The van der Waals surface area contributed by atoms with E-state index in [2.05, 4.69) is 56.8 Å². The summed E-state index contributed by atoms with van der Waals surface area (Å²) in [6.07, 6.45) is 1.92. The Morgan fingerprint density at radius 3 is 2.33 bits per heavy atom. The van der Waals surface area contributed by atoms with Crippen molar-refractivity contribution in [3.05, 3.63) is 54.1 Å². The summed E-state index contributed by atoms with van der Waals surface area (Å²) in [5.41, 5.74) is 2.63. The van der Waals surface area contributed by atoms with Gasteiger partial charge in [0.15, 0.2) is 0 Å². The molecule has 0 N–H and O–H groups in total. The maximum absolute atomic E-state index is 3.86. The van der Waals surface area contributed by atoms with Gasteiger partial charge in [-0.3, -0.25) is 0 Å². The minimum absolute atomic E-state index is 0.564. The molecule has 2 aromatic carbocycles. The molecule has 0 unspecified atom stereocenters. The molecular weight excluding hydrogens is 180 g/mol. The fourth-order valence-electron chi connectivity index (χ4n) is 2.04. The van der Waals surface area contributed by atoms with Crippen LogP contribution in [0.15, 0.2) is 43.0 Å². The second-order valence-electron chi connectivity index (χ2n) is 4.15. The first kappa shape index (κ1) is 9.97. The molecule has 0 heteroatoms. The molecule has 2 rings (SSSR count). The highest BCUT2D eigenvalue weighted by Gasteiger charge is 2.05. The van der Waals surface area contributed by atoms with E-state index >= 15 is 0 Å². The van der Waals surface area contributed by atoms with E-state index in [4.69, 9.17) is 0 Å². The SMILES string of the molecule is C=Cc1cccc2c(C(C)C)cccc12. The topological polar surface area (TPSA) is 0 Å². The first-order valence-corrected chi connectivity index (χ1v) is 5.38. The number of hydrogen-bond donors (Lipinski definition) is 0. The van der Waals surface area contributed by atoms with Gasteiger partial charge < -0.3 is 0 Å². The van der Waals surface area contributed by atoms with Crippen LogP contribution in [0.5, 0.6) is 0 Å². The Kier molecular flexibility index (Phi) is 2.59. The molecule has 0 atom stereocenters. The average Bonchev–Trinajstić information content (AvgIpc) is 2.27. The van der Waals surface area contributed by atoms with Crippen molar-refractivity contribution >= 4 is 16.8 Å². The van der Waals surface area contributed by atoms with Crippen molar-refractivity contribution in [2.24, 2.45) is 0 Å². The average molecular weight is 196 g/mol. The zero-order valence-electron chi connectivity index (χ0n) is 9.33. The molecule has 2 aromatic rings. The van der Waals surface area contributed by atoms with Crippen molar-refractivity contribution in [2.45, 2.75) is 19.8 Å². The van der Waals surface area contributed by atoms with Crippen LogP contribution in [0.25, 0.3) is 16.8 Å². The zero-order valence-corrected chi connectivity index (χ0v) is 9.33. The first-order chi connectivity index (χ1) is 7.24. The van der Waals surface area contributed by atoms with Gasteiger partial charge in [-0.2, -0.15) is 0 Å². The molecule has 0 aromatic heterocycles. The van der Waals surface area contributed by atoms with Crippen molar-refractivity contribution in [1.82, 2.24) is 0 Å². The molecule has 0 radical (unpaired) electrons. The number of hydrogen-bond acceptors (Lipinski definition) is 0. The monoisotopic (exact) mass is 196 g/mol. The molecule has 76 valence electrons. The fraction of sp³-hybridized carbons (Fsp3) is 0.200. The lowest BCUT2D eigenvalue weighted by atomic mass is 9.94. The zero-order chi connectivity index (χ0) is 10.8. The third kappa shape index (κ3) is 1.68. The molecule has 0 heterocycles. The van der Waals surface area contributed by atoms with Gasteiger partial charge in [0, 0.05) is 0 Å². The van der Waals surface area contributed by atoms with E-state index in [1.54, 1.807) is 0 Å². The van der Waals surface area contributed by atoms with Crippen molar-refractivity contribution < 1.29 is 0 Å². The van der Waals surface area contributed by atoms with E-state index in [-0.39, 0.29) is 0 Å². The first-order valence-electron chi connectivity index (χ1n) is 5.38. The van der Waals surface area contributed by atoms with Crippen LogP contribution < -0.4 is 0 Å². The molecule has 15 heavy (non-hydrogen) atoms. The fourth-order valence-corrected chi connectivity index (χ4v) is 2.04. The summed E-state index contributed by atoms with van der Waals surface area (Å²) in [7, 11) is 0. The van der Waals surface area contributed by atoms with Gasteiger partial charge in [0.25, 0.3) is 0 Å². The molecule has 0 bridgehead atoms. The Labute approximate surface area is 91.2 Å². The van der Waals surface area contributed by atoms with Crippen molar-refractivity contribution in [1.29, 1.82) is 0 Å². The van der Waals surface area contributed by atoms with E-state index in [9.17, 15) is 0 Å². The molecule has 0 aliphatic heterocycles. The Hall–Kier alpha value is -1.56. The van der Waals surface area contributed by atoms with Crippen LogP contribution in [0.2, 0.25) is 0 Å². The van der Waals surface area contributed by atoms with E-state index in [0.29, 0.717) is 5.92 Å². The predicted molar refractivity (Wildman–Crippen MR) is 68.1 cm³/mol. The predicted octanol–water partition coefficient (Wildman–Crippen LogP) is 4.61. The molecule has 0 nitrogen and oxygen atoms in total. The van der Waals surface area contributed by atoms with Crippen molar-refractivity contribution in [2.75, 3.05) is 0 Å². The standard InChI is InChI=1S/C15H16/c1-4-12-7-5-10-15-13(11(2)3)8-6-9-14(12)15/h4-11H,1H2,2-3H3. The van der Waals surface area contributed by atoms with Crippen LogP contribution in [0, 0.1) is 0 Å². The molecule has 0 amide bonds. The Morgan fingerprint density at radius 1 is 1.00 bits per heavy atom. The maximum Gasteiger partial charge on any atom is -0.0109 e. The molecule has 0 aliphatic carbocycles. The van der Waals surface area contributed by atoms with Gasteiger partial charge in [-0.05, 0) is 27.8 Å². The highest BCUT2D eigenvalue weighted by Crippen LogP contribution is 2.27. The molecule has 0 aliphatic rings. The number of benzene rings is 2. The van der Waals surface area contributed by atoms with Gasteiger partial charge in [-0.1, -0.05) is 62.9 Å². The van der Waals surface area contributed by atoms with E-state index in [1.807, 2.05) is 6.08 Å². The second-order valence-corrected chi connectivity index (χ2v) is 4.15. The summed E-state index contributed by atoms with van der Waals surface area (Å²) in [6.45, 7) is 8.32. The van der Waals surface area contributed by atoms with Crippen molar-refractivity contribution in [3.63, 3.8) is 0 Å². The molecule has 0 saturated carbocycles. The minimum Gasteiger partial charge on any atom is -0.0984 e. The van der Waals surface area contributed by atoms with Crippen LogP contribution in [-0.4, -0.2) is 0 Å². The van der Waals surface area contributed by atoms with Crippen LogP contribution in [0.1, 0.15) is 30.9 Å². The summed E-state index contributed by atoms with van der Waals surface area (Å²) < 4.78 is 0. The lowest BCUT2D eigenvalue weighted by Crippen LogP contribution is -1.89. The Bertz CT molecular complexity index is 492. The minimum atomic E-state index is 0.564. The molecule has 0 spiro atoms. The maximum atomic E-state index is 3.86. The van der Waals surface area contributed by atoms with Gasteiger partial charge in [-0.25, -0.2) is 0 Å². The van der Waals surface area contributed by atoms with Gasteiger partial charge in [0.05, 0.1) is 0 Å². The number of fused-ring (bicyclic) bond motifs is 1. The highest BCUT2D eigenvalue weighted by molar-refractivity contribution is 5.92. The lowest BCUT2D eigenvalue weighted by molar-refractivity contribution is 0.876. The summed E-state index contributed by atoms with van der Waals surface area (Å²) in [6, 6.07) is 12.9. The number of rotatable bonds is 2. The molecule has 0 fully saturated rings. The second kappa shape index (κ2) is 3.90. The van der Waals surface area contributed by atoms with E-state index in [0.717, 1.165) is 0 Å².